The second-order valence-electron chi connectivity index (χ2n) is 6.60. The van der Waals surface area contributed by atoms with Crippen LogP contribution in [0.4, 0.5) is 0 Å². The first-order chi connectivity index (χ1) is 9.71. The van der Waals surface area contributed by atoms with Crippen LogP contribution < -0.4 is 0 Å². The second kappa shape index (κ2) is 5.23. The normalized spacial score (nSPS) is 24.4. The summed E-state index contributed by atoms with van der Waals surface area (Å²) in [6.45, 7) is 0. The molecule has 0 aromatic heterocycles. The first kappa shape index (κ1) is 13.7. The first-order valence-electron chi connectivity index (χ1n) is 8.00. The van der Waals surface area contributed by atoms with Crippen molar-refractivity contribution in [2.45, 2.75) is 63.2 Å². The molecular formula is C18H24O2. The molecule has 0 heterocycles. The van der Waals surface area contributed by atoms with Crippen molar-refractivity contribution in [3.8, 4) is 0 Å². The lowest BCUT2D eigenvalue weighted by Gasteiger charge is -2.48. The predicted molar refractivity (Wildman–Crippen MR) is 79.7 cm³/mol. The highest BCUT2D eigenvalue weighted by atomic mass is 16.4. The summed E-state index contributed by atoms with van der Waals surface area (Å²) >= 11 is 0. The van der Waals surface area contributed by atoms with Gasteiger partial charge < -0.3 is 5.11 Å². The Balaban J connectivity index is 2.11. The Hall–Kier alpha value is -1.31. The summed E-state index contributed by atoms with van der Waals surface area (Å²) in [7, 11) is 0. The summed E-state index contributed by atoms with van der Waals surface area (Å²) in [4.78, 5) is 12.2. The number of carboxylic acid groups (broad SMARTS) is 1. The van der Waals surface area contributed by atoms with E-state index in [0.29, 0.717) is 0 Å². The quantitative estimate of drug-likeness (QED) is 0.877. The molecule has 0 amide bonds. The Morgan fingerprint density at radius 1 is 0.850 bits per heavy atom. The summed E-state index contributed by atoms with van der Waals surface area (Å²) in [5, 5.41) is 10.1. The van der Waals surface area contributed by atoms with Gasteiger partial charge in [0.15, 0.2) is 0 Å². The minimum absolute atomic E-state index is 0.124. The summed E-state index contributed by atoms with van der Waals surface area (Å²) in [6.07, 6.45) is 9.48. The molecular weight excluding hydrogens is 248 g/mol. The van der Waals surface area contributed by atoms with Crippen molar-refractivity contribution >= 4 is 5.97 Å². The van der Waals surface area contributed by atoms with E-state index >= 15 is 0 Å². The summed E-state index contributed by atoms with van der Waals surface area (Å²) in [6, 6.07) is 10.5. The Morgan fingerprint density at radius 2 is 1.40 bits per heavy atom. The van der Waals surface area contributed by atoms with Crippen molar-refractivity contribution in [1.82, 2.24) is 0 Å². The zero-order chi connectivity index (χ0) is 14.1. The van der Waals surface area contributed by atoms with Gasteiger partial charge in [0.2, 0.25) is 0 Å². The van der Waals surface area contributed by atoms with Gasteiger partial charge in [-0.1, -0.05) is 62.4 Å². The van der Waals surface area contributed by atoms with E-state index in [0.717, 1.165) is 38.5 Å². The number of aliphatic carboxylic acids is 1. The highest BCUT2D eigenvalue weighted by Crippen LogP contribution is 2.59. The van der Waals surface area contributed by atoms with E-state index in [1.165, 1.54) is 24.8 Å². The zero-order valence-electron chi connectivity index (χ0n) is 12.1. The molecule has 0 saturated heterocycles. The summed E-state index contributed by atoms with van der Waals surface area (Å²) in [5.74, 6) is -0.553. The number of benzene rings is 1. The molecule has 2 aliphatic rings. The highest BCUT2D eigenvalue weighted by Gasteiger charge is 2.57. The van der Waals surface area contributed by atoms with Gasteiger partial charge in [-0.15, -0.1) is 0 Å². The number of carboxylic acids is 1. The molecule has 0 radical (unpaired) electrons. The molecule has 108 valence electrons. The van der Waals surface area contributed by atoms with Crippen LogP contribution in [0.1, 0.15) is 63.4 Å². The van der Waals surface area contributed by atoms with Crippen LogP contribution in [0.15, 0.2) is 30.3 Å². The molecule has 0 aliphatic heterocycles. The van der Waals surface area contributed by atoms with Crippen molar-refractivity contribution in [3.63, 3.8) is 0 Å². The molecule has 2 fully saturated rings. The average molecular weight is 272 g/mol. The third-order valence-electron chi connectivity index (χ3n) is 5.82. The van der Waals surface area contributed by atoms with Crippen LogP contribution in [-0.4, -0.2) is 11.1 Å². The first-order valence-corrected chi connectivity index (χ1v) is 8.00. The number of hydrogen-bond donors (Lipinski definition) is 1. The Morgan fingerprint density at radius 3 is 1.95 bits per heavy atom. The Kier molecular flexibility index (Phi) is 3.57. The van der Waals surface area contributed by atoms with Crippen LogP contribution in [0, 0.1) is 5.41 Å². The van der Waals surface area contributed by atoms with Crippen LogP contribution in [-0.2, 0) is 10.2 Å². The maximum Gasteiger partial charge on any atom is 0.310 e. The molecule has 1 aromatic carbocycles. The van der Waals surface area contributed by atoms with Gasteiger partial charge in [-0.05, 0) is 31.2 Å². The number of rotatable bonds is 3. The van der Waals surface area contributed by atoms with E-state index in [9.17, 15) is 9.90 Å². The van der Waals surface area contributed by atoms with Crippen LogP contribution in [0.2, 0.25) is 0 Å². The minimum atomic E-state index is -0.553. The van der Waals surface area contributed by atoms with Gasteiger partial charge >= 0.3 is 5.97 Å². The van der Waals surface area contributed by atoms with Gasteiger partial charge in [-0.25, -0.2) is 0 Å². The monoisotopic (exact) mass is 272 g/mol. The Bertz CT molecular complexity index is 465. The van der Waals surface area contributed by atoms with E-state index in [1.807, 2.05) is 6.07 Å². The van der Waals surface area contributed by atoms with Gasteiger partial charge in [-0.2, -0.15) is 0 Å². The average Bonchev–Trinajstić information content (AvgIpc) is 3.00. The molecule has 0 atom stereocenters. The van der Waals surface area contributed by atoms with Gasteiger partial charge in [0.05, 0.1) is 5.41 Å². The topological polar surface area (TPSA) is 37.3 Å². The molecule has 2 heteroatoms. The van der Waals surface area contributed by atoms with Crippen molar-refractivity contribution in [1.29, 1.82) is 0 Å². The second-order valence-corrected chi connectivity index (χ2v) is 6.60. The molecule has 0 unspecified atom stereocenters. The van der Waals surface area contributed by atoms with E-state index in [1.54, 1.807) is 0 Å². The molecule has 2 aliphatic carbocycles. The summed E-state index contributed by atoms with van der Waals surface area (Å²) in [5.41, 5.74) is 0.616. The number of carbonyl (C=O) groups is 1. The third kappa shape index (κ3) is 1.88. The standard InChI is InChI=1S/C18H24O2/c19-16(20)18(13-5-2-6-14-18)17(11-7-8-12-17)15-9-3-1-4-10-15/h1,3-4,9-10H,2,5-8,11-14H2,(H,19,20). The highest BCUT2D eigenvalue weighted by molar-refractivity contribution is 5.77. The molecule has 1 aromatic rings. The fraction of sp³-hybridized carbons (Fsp3) is 0.611. The lowest BCUT2D eigenvalue weighted by atomic mass is 9.53. The third-order valence-corrected chi connectivity index (χ3v) is 5.82. The van der Waals surface area contributed by atoms with Crippen molar-refractivity contribution in [2.24, 2.45) is 5.41 Å². The minimum Gasteiger partial charge on any atom is -0.481 e. The molecule has 0 bridgehead atoms. The van der Waals surface area contributed by atoms with Crippen LogP contribution in [0.5, 0.6) is 0 Å². The van der Waals surface area contributed by atoms with E-state index in [2.05, 4.69) is 24.3 Å². The van der Waals surface area contributed by atoms with E-state index in [4.69, 9.17) is 0 Å². The predicted octanol–water partition coefficient (Wildman–Crippen LogP) is 4.53. The molecule has 3 rings (SSSR count). The van der Waals surface area contributed by atoms with Gasteiger partial charge in [-0.3, -0.25) is 4.79 Å². The molecule has 2 nitrogen and oxygen atoms in total. The molecule has 2 saturated carbocycles. The van der Waals surface area contributed by atoms with Crippen LogP contribution >= 0.6 is 0 Å². The molecule has 20 heavy (non-hydrogen) atoms. The maximum absolute atomic E-state index is 12.2. The van der Waals surface area contributed by atoms with Crippen molar-refractivity contribution in [2.75, 3.05) is 0 Å². The lowest BCUT2D eigenvalue weighted by Crippen LogP contribution is -2.50. The molecule has 1 N–H and O–H groups in total. The van der Waals surface area contributed by atoms with E-state index < -0.39 is 11.4 Å². The van der Waals surface area contributed by atoms with Gasteiger partial charge in [0, 0.05) is 5.41 Å². The van der Waals surface area contributed by atoms with Gasteiger partial charge in [0.25, 0.3) is 0 Å². The fourth-order valence-corrected chi connectivity index (χ4v) is 4.83. The van der Waals surface area contributed by atoms with Crippen LogP contribution in [0.25, 0.3) is 0 Å². The van der Waals surface area contributed by atoms with Gasteiger partial charge in [0.1, 0.15) is 0 Å². The number of hydrogen-bond acceptors (Lipinski definition) is 1. The van der Waals surface area contributed by atoms with Crippen molar-refractivity contribution < 1.29 is 9.90 Å². The smallest absolute Gasteiger partial charge is 0.310 e. The Labute approximate surface area is 121 Å². The zero-order valence-corrected chi connectivity index (χ0v) is 12.1. The molecule has 0 spiro atoms. The lowest BCUT2D eigenvalue weighted by molar-refractivity contribution is -0.157. The van der Waals surface area contributed by atoms with Crippen molar-refractivity contribution in [3.05, 3.63) is 35.9 Å². The largest absolute Gasteiger partial charge is 0.481 e. The summed E-state index contributed by atoms with van der Waals surface area (Å²) < 4.78 is 0. The van der Waals surface area contributed by atoms with Crippen LogP contribution in [0.3, 0.4) is 0 Å². The fourth-order valence-electron chi connectivity index (χ4n) is 4.83. The van der Waals surface area contributed by atoms with E-state index in [-0.39, 0.29) is 5.41 Å². The maximum atomic E-state index is 12.2. The SMILES string of the molecule is O=C(O)C1(C2(c3ccccc3)CCCC2)CCCCC1.